The molecule has 0 bridgehead atoms. The van der Waals surface area contributed by atoms with E-state index >= 15 is 0 Å². The summed E-state index contributed by atoms with van der Waals surface area (Å²) in [6, 6.07) is 20.1. The highest BCUT2D eigenvalue weighted by Crippen LogP contribution is 2.26. The third kappa shape index (κ3) is 6.91. The molecule has 1 aliphatic rings. The highest BCUT2D eigenvalue weighted by molar-refractivity contribution is 6.10. The maximum atomic E-state index is 12.6. The van der Waals surface area contributed by atoms with E-state index in [9.17, 15) is 14.7 Å². The fraction of sp³-hybridized carbons (Fsp3) is 0.286. The van der Waals surface area contributed by atoms with Crippen molar-refractivity contribution >= 4 is 11.8 Å². The SMILES string of the molecule is O=C(OCCOC(CCO)C1CO1)c1ccc(COc2ccc(C(=O)c3ccccc3)c(O)c2)cc1. The Labute approximate surface area is 209 Å². The van der Waals surface area contributed by atoms with E-state index in [-0.39, 0.29) is 55.7 Å². The Morgan fingerprint density at radius 3 is 2.39 bits per heavy atom. The summed E-state index contributed by atoms with van der Waals surface area (Å²) in [7, 11) is 0. The summed E-state index contributed by atoms with van der Waals surface area (Å²) in [4.78, 5) is 24.8. The number of ketones is 1. The molecule has 0 spiro atoms. The number of carbonyl (C=O) groups is 2. The van der Waals surface area contributed by atoms with E-state index in [0.29, 0.717) is 29.9 Å². The average Bonchev–Trinajstić information content (AvgIpc) is 3.75. The fourth-order valence-corrected chi connectivity index (χ4v) is 3.63. The lowest BCUT2D eigenvalue weighted by atomic mass is 10.0. The first-order valence-corrected chi connectivity index (χ1v) is 11.7. The third-order valence-corrected chi connectivity index (χ3v) is 5.68. The molecule has 8 nitrogen and oxygen atoms in total. The summed E-state index contributed by atoms with van der Waals surface area (Å²) in [5, 5.41) is 19.4. The molecule has 3 aromatic rings. The van der Waals surface area contributed by atoms with Gasteiger partial charge in [-0.2, -0.15) is 0 Å². The second kappa shape index (κ2) is 12.3. The van der Waals surface area contributed by atoms with Gasteiger partial charge in [0.1, 0.15) is 30.8 Å². The van der Waals surface area contributed by atoms with Crippen LogP contribution in [0.1, 0.15) is 38.3 Å². The largest absolute Gasteiger partial charge is 0.507 e. The number of hydrogen-bond donors (Lipinski definition) is 2. The van der Waals surface area contributed by atoms with Crippen molar-refractivity contribution in [1.82, 2.24) is 0 Å². The van der Waals surface area contributed by atoms with Gasteiger partial charge in [0.2, 0.25) is 0 Å². The first-order chi connectivity index (χ1) is 17.5. The molecule has 1 saturated heterocycles. The molecule has 188 valence electrons. The van der Waals surface area contributed by atoms with E-state index in [1.165, 1.54) is 12.1 Å². The number of esters is 1. The summed E-state index contributed by atoms with van der Waals surface area (Å²) in [5.41, 5.74) is 1.91. The van der Waals surface area contributed by atoms with Gasteiger partial charge in [0, 0.05) is 18.2 Å². The topological polar surface area (TPSA) is 115 Å². The predicted octanol–water partition coefficient (Wildman–Crippen LogP) is 3.53. The van der Waals surface area contributed by atoms with Crippen LogP contribution in [0.25, 0.3) is 0 Å². The Balaban J connectivity index is 1.23. The molecule has 0 amide bonds. The lowest BCUT2D eigenvalue weighted by Crippen LogP contribution is -2.24. The Hall–Kier alpha value is -3.72. The van der Waals surface area contributed by atoms with Gasteiger partial charge in [-0.3, -0.25) is 4.79 Å². The van der Waals surface area contributed by atoms with E-state index in [1.807, 2.05) is 6.07 Å². The number of aliphatic hydroxyl groups is 1. The van der Waals surface area contributed by atoms with Gasteiger partial charge >= 0.3 is 5.97 Å². The molecular formula is C28H28O8. The molecule has 2 unspecified atom stereocenters. The highest BCUT2D eigenvalue weighted by atomic mass is 16.6. The van der Waals surface area contributed by atoms with E-state index < -0.39 is 5.97 Å². The maximum Gasteiger partial charge on any atom is 0.338 e. The summed E-state index contributed by atoms with van der Waals surface area (Å²) >= 11 is 0. The summed E-state index contributed by atoms with van der Waals surface area (Å²) in [5.74, 6) is -0.473. The van der Waals surface area contributed by atoms with Gasteiger partial charge in [-0.15, -0.1) is 0 Å². The van der Waals surface area contributed by atoms with Crippen LogP contribution in [-0.2, 0) is 20.8 Å². The van der Waals surface area contributed by atoms with Gasteiger partial charge in [-0.1, -0.05) is 42.5 Å². The monoisotopic (exact) mass is 492 g/mol. The molecule has 8 heteroatoms. The number of benzene rings is 3. The number of ether oxygens (including phenoxy) is 4. The number of rotatable bonds is 13. The van der Waals surface area contributed by atoms with Crippen LogP contribution in [-0.4, -0.2) is 60.6 Å². The van der Waals surface area contributed by atoms with Crippen molar-refractivity contribution in [2.75, 3.05) is 26.4 Å². The van der Waals surface area contributed by atoms with Gasteiger partial charge in [-0.25, -0.2) is 4.79 Å². The minimum absolute atomic E-state index is 0.0147. The van der Waals surface area contributed by atoms with Crippen LogP contribution in [0.15, 0.2) is 72.8 Å². The van der Waals surface area contributed by atoms with Crippen molar-refractivity contribution in [2.45, 2.75) is 25.2 Å². The number of aliphatic hydroxyl groups excluding tert-OH is 1. The minimum Gasteiger partial charge on any atom is -0.507 e. The van der Waals surface area contributed by atoms with Crippen molar-refractivity contribution in [3.05, 3.63) is 95.1 Å². The smallest absolute Gasteiger partial charge is 0.338 e. The molecule has 0 radical (unpaired) electrons. The first kappa shape index (κ1) is 25.4. The summed E-state index contributed by atoms with van der Waals surface area (Å²) in [6.45, 7) is 1.18. The number of phenols is 1. The Morgan fingerprint density at radius 1 is 0.972 bits per heavy atom. The van der Waals surface area contributed by atoms with Gasteiger partial charge in [0.05, 0.1) is 30.4 Å². The number of phenolic OH excluding ortho intramolecular Hbond substituents is 1. The molecule has 1 aliphatic heterocycles. The van der Waals surface area contributed by atoms with Crippen LogP contribution in [0.5, 0.6) is 11.5 Å². The van der Waals surface area contributed by atoms with Crippen molar-refractivity contribution < 1.29 is 38.7 Å². The molecule has 36 heavy (non-hydrogen) atoms. The third-order valence-electron chi connectivity index (χ3n) is 5.68. The zero-order chi connectivity index (χ0) is 25.3. The molecule has 4 rings (SSSR count). The predicted molar refractivity (Wildman–Crippen MR) is 130 cm³/mol. The molecule has 2 N–H and O–H groups in total. The summed E-state index contributed by atoms with van der Waals surface area (Å²) in [6.07, 6.45) is 0.314. The lowest BCUT2D eigenvalue weighted by Gasteiger charge is -2.14. The van der Waals surface area contributed by atoms with Crippen LogP contribution in [0.4, 0.5) is 0 Å². The molecule has 1 heterocycles. The molecule has 0 aromatic heterocycles. The second-order valence-electron chi connectivity index (χ2n) is 8.29. The van der Waals surface area contributed by atoms with Crippen molar-refractivity contribution in [2.24, 2.45) is 0 Å². The molecule has 0 aliphatic carbocycles. The van der Waals surface area contributed by atoms with Crippen LogP contribution >= 0.6 is 0 Å². The minimum atomic E-state index is -0.462. The molecule has 1 fully saturated rings. The maximum absolute atomic E-state index is 12.6. The highest BCUT2D eigenvalue weighted by Gasteiger charge is 2.33. The molecule has 0 saturated carbocycles. The van der Waals surface area contributed by atoms with E-state index in [0.717, 1.165) is 5.56 Å². The van der Waals surface area contributed by atoms with Gasteiger partial charge in [0.15, 0.2) is 5.78 Å². The van der Waals surface area contributed by atoms with Crippen molar-refractivity contribution in [3.63, 3.8) is 0 Å². The van der Waals surface area contributed by atoms with Gasteiger partial charge < -0.3 is 29.2 Å². The van der Waals surface area contributed by atoms with Gasteiger partial charge in [0.25, 0.3) is 0 Å². The Kier molecular flexibility index (Phi) is 8.67. The zero-order valence-corrected chi connectivity index (χ0v) is 19.7. The quantitative estimate of drug-likeness (QED) is 0.161. The molecule has 2 atom stereocenters. The van der Waals surface area contributed by atoms with E-state index in [4.69, 9.17) is 24.1 Å². The van der Waals surface area contributed by atoms with Crippen molar-refractivity contribution in [1.29, 1.82) is 0 Å². The van der Waals surface area contributed by atoms with Crippen LogP contribution < -0.4 is 4.74 Å². The van der Waals surface area contributed by atoms with Crippen LogP contribution in [0.2, 0.25) is 0 Å². The fourth-order valence-electron chi connectivity index (χ4n) is 3.63. The van der Waals surface area contributed by atoms with E-state index in [1.54, 1.807) is 54.6 Å². The Morgan fingerprint density at radius 2 is 1.72 bits per heavy atom. The van der Waals surface area contributed by atoms with E-state index in [2.05, 4.69) is 0 Å². The number of hydrogen-bond acceptors (Lipinski definition) is 8. The number of carbonyl (C=O) groups excluding carboxylic acids is 2. The van der Waals surface area contributed by atoms with Gasteiger partial charge in [-0.05, 0) is 36.2 Å². The standard InChI is InChI=1S/C28H28O8/c29-13-12-25(26-18-36-26)33-14-15-34-28(32)21-8-6-19(7-9-21)17-35-22-10-11-23(24(30)16-22)27(31)20-4-2-1-3-5-20/h1-11,16,25-26,29-30H,12-15,17-18H2. The number of epoxide rings is 1. The lowest BCUT2D eigenvalue weighted by molar-refractivity contribution is -0.0108. The number of aromatic hydroxyl groups is 1. The second-order valence-corrected chi connectivity index (χ2v) is 8.29. The van der Waals surface area contributed by atoms with Crippen molar-refractivity contribution in [3.8, 4) is 11.5 Å². The van der Waals surface area contributed by atoms with Crippen LogP contribution in [0.3, 0.4) is 0 Å². The molecule has 3 aromatic carbocycles. The first-order valence-electron chi connectivity index (χ1n) is 11.7. The Bertz CT molecular complexity index is 1160. The average molecular weight is 493 g/mol. The molecular weight excluding hydrogens is 464 g/mol. The summed E-state index contributed by atoms with van der Waals surface area (Å²) < 4.78 is 21.8. The zero-order valence-electron chi connectivity index (χ0n) is 19.7. The van der Waals surface area contributed by atoms with Crippen LogP contribution in [0, 0.1) is 0 Å². The normalized spacial score (nSPS) is 15.2.